The monoisotopic (exact) mass is 187 g/mol. The molecule has 0 spiro atoms. The topological polar surface area (TPSA) is 80.4 Å². The predicted molar refractivity (Wildman–Crippen MR) is 39.9 cm³/mol. The third-order valence-electron chi connectivity index (χ3n) is 1.37. The summed E-state index contributed by atoms with van der Waals surface area (Å²) in [5.74, 6) is -0.248. The Morgan fingerprint density at radius 3 is 2.00 bits per heavy atom. The molecule has 0 saturated carbocycles. The lowest BCUT2D eigenvalue weighted by Crippen LogP contribution is -2.32. The minimum absolute atomic E-state index is 0. The molecule has 3 N–H and O–H groups in total. The van der Waals surface area contributed by atoms with Crippen LogP contribution in [0.25, 0.3) is 0 Å². The Balaban J connectivity index is 0.000000810. The second kappa shape index (κ2) is 3.04. The van der Waals surface area contributed by atoms with Gasteiger partial charge in [0.15, 0.2) is 9.84 Å². The first-order chi connectivity index (χ1) is 4.01. The number of aliphatic hydroxyl groups excluding tert-OH is 1. The third kappa shape index (κ3) is 2.09. The molecule has 1 aliphatic heterocycles. The Morgan fingerprint density at radius 2 is 1.90 bits per heavy atom. The molecule has 10 heavy (non-hydrogen) atoms. The normalized spacial score (nSPS) is 37.0. The van der Waals surface area contributed by atoms with Crippen LogP contribution >= 0.6 is 12.4 Å². The fourth-order valence-corrected chi connectivity index (χ4v) is 2.57. The molecule has 0 unspecified atom stereocenters. The van der Waals surface area contributed by atoms with E-state index in [1.54, 1.807) is 0 Å². The molecule has 1 heterocycles. The minimum Gasteiger partial charge on any atom is -0.390 e. The Kier molecular flexibility index (Phi) is 3.09. The van der Waals surface area contributed by atoms with Gasteiger partial charge in [0.1, 0.15) is 0 Å². The summed E-state index contributed by atoms with van der Waals surface area (Å²) < 4.78 is 21.2. The number of aliphatic hydroxyl groups is 1. The molecular formula is C4H10ClNO3S. The van der Waals surface area contributed by atoms with Crippen molar-refractivity contribution in [1.29, 1.82) is 0 Å². The van der Waals surface area contributed by atoms with Crippen molar-refractivity contribution in [3.05, 3.63) is 0 Å². The Morgan fingerprint density at radius 1 is 1.40 bits per heavy atom. The van der Waals surface area contributed by atoms with Crippen molar-refractivity contribution >= 4 is 22.2 Å². The van der Waals surface area contributed by atoms with E-state index in [-0.39, 0.29) is 23.9 Å². The van der Waals surface area contributed by atoms with Gasteiger partial charge in [-0.15, -0.1) is 12.4 Å². The van der Waals surface area contributed by atoms with E-state index < -0.39 is 22.0 Å². The molecule has 0 radical (unpaired) electrons. The van der Waals surface area contributed by atoms with Gasteiger partial charge in [0.2, 0.25) is 0 Å². The lowest BCUT2D eigenvalue weighted by atomic mass is 10.2. The van der Waals surface area contributed by atoms with Gasteiger partial charge >= 0.3 is 0 Å². The molecule has 62 valence electrons. The van der Waals surface area contributed by atoms with E-state index >= 15 is 0 Å². The van der Waals surface area contributed by atoms with Gasteiger partial charge < -0.3 is 10.8 Å². The van der Waals surface area contributed by atoms with Crippen molar-refractivity contribution in [3.8, 4) is 0 Å². The SMILES string of the molecule is Cl.N[C@H]1CS(=O)(=O)C[C@H]1O. The van der Waals surface area contributed by atoms with E-state index in [1.165, 1.54) is 0 Å². The summed E-state index contributed by atoms with van der Waals surface area (Å²) >= 11 is 0. The van der Waals surface area contributed by atoms with Crippen LogP contribution in [0.15, 0.2) is 0 Å². The molecule has 0 bridgehead atoms. The maximum atomic E-state index is 10.6. The van der Waals surface area contributed by atoms with Gasteiger partial charge in [-0.3, -0.25) is 0 Å². The van der Waals surface area contributed by atoms with Crippen LogP contribution in [0, 0.1) is 0 Å². The second-order valence-electron chi connectivity index (χ2n) is 2.31. The van der Waals surface area contributed by atoms with Crippen LogP contribution in [0.1, 0.15) is 0 Å². The van der Waals surface area contributed by atoms with Gasteiger partial charge in [-0.1, -0.05) is 0 Å². The number of rotatable bonds is 0. The van der Waals surface area contributed by atoms with Gasteiger partial charge in [-0.25, -0.2) is 8.42 Å². The Bertz CT molecular complexity index is 187. The highest BCUT2D eigenvalue weighted by atomic mass is 35.5. The van der Waals surface area contributed by atoms with E-state index in [0.29, 0.717) is 0 Å². The smallest absolute Gasteiger partial charge is 0.154 e. The number of hydrogen-bond acceptors (Lipinski definition) is 4. The lowest BCUT2D eigenvalue weighted by molar-refractivity contribution is 0.183. The van der Waals surface area contributed by atoms with E-state index in [1.807, 2.05) is 0 Å². The zero-order valence-corrected chi connectivity index (χ0v) is 6.86. The predicted octanol–water partition coefficient (Wildman–Crippen LogP) is -1.48. The van der Waals surface area contributed by atoms with Crippen molar-refractivity contribution in [2.45, 2.75) is 12.1 Å². The zero-order chi connectivity index (χ0) is 7.07. The molecule has 0 aromatic rings. The van der Waals surface area contributed by atoms with Crippen molar-refractivity contribution < 1.29 is 13.5 Å². The highest BCUT2D eigenvalue weighted by Crippen LogP contribution is 2.09. The maximum Gasteiger partial charge on any atom is 0.154 e. The molecule has 1 rings (SSSR count). The minimum atomic E-state index is -3.02. The molecule has 2 atom stereocenters. The highest BCUT2D eigenvalue weighted by molar-refractivity contribution is 7.91. The Hall–Kier alpha value is 0.160. The van der Waals surface area contributed by atoms with Gasteiger partial charge in [-0.05, 0) is 0 Å². The maximum absolute atomic E-state index is 10.6. The van der Waals surface area contributed by atoms with Crippen molar-refractivity contribution in [2.24, 2.45) is 5.73 Å². The van der Waals surface area contributed by atoms with Crippen LogP contribution < -0.4 is 5.73 Å². The van der Waals surface area contributed by atoms with Crippen LogP contribution in [0.5, 0.6) is 0 Å². The van der Waals surface area contributed by atoms with Crippen molar-refractivity contribution in [1.82, 2.24) is 0 Å². The van der Waals surface area contributed by atoms with Crippen LogP contribution in [-0.4, -0.2) is 37.2 Å². The van der Waals surface area contributed by atoms with Gasteiger partial charge in [-0.2, -0.15) is 0 Å². The van der Waals surface area contributed by atoms with Gasteiger partial charge in [0.05, 0.1) is 17.6 Å². The molecular weight excluding hydrogens is 178 g/mol. The Labute approximate surface area is 65.7 Å². The number of sulfone groups is 1. The summed E-state index contributed by atoms with van der Waals surface area (Å²) in [6.45, 7) is 0. The average molecular weight is 188 g/mol. The molecule has 0 amide bonds. The van der Waals surface area contributed by atoms with E-state index in [4.69, 9.17) is 10.8 Å². The van der Waals surface area contributed by atoms with Crippen LogP contribution in [0.2, 0.25) is 0 Å². The van der Waals surface area contributed by atoms with E-state index in [2.05, 4.69) is 0 Å². The first-order valence-electron chi connectivity index (χ1n) is 2.65. The molecule has 0 aromatic heterocycles. The average Bonchev–Trinajstić information content (AvgIpc) is 1.79. The van der Waals surface area contributed by atoms with Crippen LogP contribution in [-0.2, 0) is 9.84 Å². The summed E-state index contributed by atoms with van der Waals surface area (Å²) in [6, 6.07) is -0.574. The first kappa shape index (κ1) is 10.2. The summed E-state index contributed by atoms with van der Waals surface area (Å²) in [7, 11) is -3.02. The number of halogens is 1. The summed E-state index contributed by atoms with van der Waals surface area (Å²) in [4.78, 5) is 0. The fourth-order valence-electron chi connectivity index (χ4n) is 0.856. The molecule has 0 aliphatic carbocycles. The lowest BCUT2D eigenvalue weighted by Gasteiger charge is -2.02. The quantitative estimate of drug-likeness (QED) is 0.485. The molecule has 1 aliphatic rings. The second-order valence-corrected chi connectivity index (χ2v) is 4.46. The van der Waals surface area contributed by atoms with Crippen molar-refractivity contribution in [3.63, 3.8) is 0 Å². The summed E-state index contributed by atoms with van der Waals surface area (Å²) in [5, 5.41) is 8.83. The molecule has 4 nitrogen and oxygen atoms in total. The molecule has 1 fully saturated rings. The fraction of sp³-hybridized carbons (Fsp3) is 1.00. The molecule has 0 aromatic carbocycles. The number of hydrogen-bond donors (Lipinski definition) is 2. The highest BCUT2D eigenvalue weighted by Gasteiger charge is 2.33. The van der Waals surface area contributed by atoms with E-state index in [0.717, 1.165) is 0 Å². The number of nitrogens with two attached hydrogens (primary N) is 1. The summed E-state index contributed by atoms with van der Waals surface area (Å²) in [5.41, 5.74) is 5.22. The standard InChI is InChI=1S/C4H9NO3S.ClH/c5-3-1-9(7,8)2-4(3)6;/h3-4,6H,1-2,5H2;1H/t3-,4+;/m0./s1. The zero-order valence-electron chi connectivity index (χ0n) is 5.23. The van der Waals surface area contributed by atoms with Crippen LogP contribution in [0.4, 0.5) is 0 Å². The van der Waals surface area contributed by atoms with Crippen molar-refractivity contribution in [2.75, 3.05) is 11.5 Å². The van der Waals surface area contributed by atoms with E-state index in [9.17, 15) is 8.42 Å². The molecule has 1 saturated heterocycles. The largest absolute Gasteiger partial charge is 0.390 e. The summed E-state index contributed by atoms with van der Waals surface area (Å²) in [6.07, 6.45) is -0.852. The third-order valence-corrected chi connectivity index (χ3v) is 3.11. The first-order valence-corrected chi connectivity index (χ1v) is 4.47. The molecule has 6 heteroatoms. The van der Waals surface area contributed by atoms with Gasteiger partial charge in [0.25, 0.3) is 0 Å². The van der Waals surface area contributed by atoms with Gasteiger partial charge in [0, 0.05) is 6.04 Å². The van der Waals surface area contributed by atoms with Crippen LogP contribution in [0.3, 0.4) is 0 Å².